The van der Waals surface area contributed by atoms with Crippen molar-refractivity contribution in [3.63, 3.8) is 0 Å². The summed E-state index contributed by atoms with van der Waals surface area (Å²) in [4.78, 5) is 2.63. The molecule has 3 aliphatic rings. The van der Waals surface area contributed by atoms with E-state index in [4.69, 9.17) is 0 Å². The van der Waals surface area contributed by atoms with Gasteiger partial charge < -0.3 is 10.0 Å². The fourth-order valence-corrected chi connectivity index (χ4v) is 5.54. The number of fused-ring (bicyclic) bond motifs is 3. The Morgan fingerprint density at radius 3 is 2.39 bits per heavy atom. The average Bonchev–Trinajstić information content (AvgIpc) is 3.18. The van der Waals surface area contributed by atoms with E-state index in [1.54, 1.807) is 6.07 Å². The Hall–Kier alpha value is -3.78. The summed E-state index contributed by atoms with van der Waals surface area (Å²) in [5.41, 5.74) is 9.90. The number of aromatic hydroxyl groups is 1. The largest absolute Gasteiger partial charge is 0.507 e. The van der Waals surface area contributed by atoms with Crippen LogP contribution >= 0.6 is 0 Å². The average molecular weight is 430 g/mol. The number of nitrogens with zero attached hydrogens (tertiary/aromatic N) is 1. The molecule has 2 aliphatic carbocycles. The quantitative estimate of drug-likeness (QED) is 0.467. The lowest BCUT2D eigenvalue weighted by Crippen LogP contribution is -2.37. The SMILES string of the molecule is CC1=CC=C2C3=CC=CCC3N(c3cccc(-c4cccc(-c5ccccc5O)c4)c3)C2C1. The lowest BCUT2D eigenvalue weighted by molar-refractivity contribution is 0.477. The molecule has 3 aromatic carbocycles. The Balaban J connectivity index is 1.40. The number of hydrogen-bond acceptors (Lipinski definition) is 2. The third-order valence-electron chi connectivity index (χ3n) is 7.11. The Morgan fingerprint density at radius 2 is 1.52 bits per heavy atom. The van der Waals surface area contributed by atoms with Crippen LogP contribution < -0.4 is 4.90 Å². The molecule has 0 bridgehead atoms. The Bertz CT molecular complexity index is 1360. The van der Waals surface area contributed by atoms with Crippen molar-refractivity contribution in [1.29, 1.82) is 0 Å². The molecule has 33 heavy (non-hydrogen) atoms. The number of allylic oxidation sites excluding steroid dienone is 4. The third-order valence-corrected chi connectivity index (χ3v) is 7.11. The lowest BCUT2D eigenvalue weighted by Gasteiger charge is -2.33. The second kappa shape index (κ2) is 7.97. The van der Waals surface area contributed by atoms with E-state index in [9.17, 15) is 5.11 Å². The van der Waals surface area contributed by atoms with Crippen LogP contribution in [0, 0.1) is 0 Å². The summed E-state index contributed by atoms with van der Waals surface area (Å²) in [6.07, 6.45) is 13.5. The van der Waals surface area contributed by atoms with Gasteiger partial charge in [-0.15, -0.1) is 0 Å². The van der Waals surface area contributed by atoms with Gasteiger partial charge in [-0.05, 0) is 71.9 Å². The van der Waals surface area contributed by atoms with Gasteiger partial charge in [0.05, 0.1) is 12.1 Å². The predicted octanol–water partition coefficient (Wildman–Crippen LogP) is 7.45. The van der Waals surface area contributed by atoms with Crippen LogP contribution in [-0.2, 0) is 0 Å². The minimum Gasteiger partial charge on any atom is -0.507 e. The van der Waals surface area contributed by atoms with Gasteiger partial charge in [0, 0.05) is 11.3 Å². The highest BCUT2D eigenvalue weighted by atomic mass is 16.3. The molecule has 1 fully saturated rings. The van der Waals surface area contributed by atoms with Gasteiger partial charge in [-0.3, -0.25) is 0 Å². The molecule has 0 saturated carbocycles. The highest BCUT2D eigenvalue weighted by Crippen LogP contribution is 2.45. The molecule has 2 heteroatoms. The van der Waals surface area contributed by atoms with Crippen LogP contribution in [0.15, 0.2) is 120 Å². The van der Waals surface area contributed by atoms with E-state index in [0.717, 1.165) is 29.5 Å². The monoisotopic (exact) mass is 429 g/mol. The minimum atomic E-state index is 0.310. The molecule has 1 N–H and O–H groups in total. The first-order chi connectivity index (χ1) is 16.2. The molecule has 1 heterocycles. The molecule has 0 radical (unpaired) electrons. The smallest absolute Gasteiger partial charge is 0.123 e. The summed E-state index contributed by atoms with van der Waals surface area (Å²) < 4.78 is 0. The molecule has 0 amide bonds. The third kappa shape index (κ3) is 3.43. The topological polar surface area (TPSA) is 23.5 Å². The molecule has 1 aliphatic heterocycles. The van der Waals surface area contributed by atoms with E-state index in [2.05, 4.69) is 90.7 Å². The van der Waals surface area contributed by atoms with Gasteiger partial charge in [-0.1, -0.05) is 84.5 Å². The van der Waals surface area contributed by atoms with E-state index < -0.39 is 0 Å². The molecule has 2 nitrogen and oxygen atoms in total. The van der Waals surface area contributed by atoms with E-state index in [0.29, 0.717) is 17.8 Å². The lowest BCUT2D eigenvalue weighted by atomic mass is 9.89. The Kier molecular flexibility index (Phi) is 4.80. The fourth-order valence-electron chi connectivity index (χ4n) is 5.54. The first kappa shape index (κ1) is 19.9. The van der Waals surface area contributed by atoms with Crippen molar-refractivity contribution >= 4 is 5.69 Å². The van der Waals surface area contributed by atoms with Crippen LogP contribution in [0.1, 0.15) is 19.8 Å². The van der Waals surface area contributed by atoms with Gasteiger partial charge in [-0.2, -0.15) is 0 Å². The highest BCUT2D eigenvalue weighted by Gasteiger charge is 2.41. The van der Waals surface area contributed by atoms with Crippen molar-refractivity contribution in [1.82, 2.24) is 0 Å². The summed E-state index contributed by atoms with van der Waals surface area (Å²) >= 11 is 0. The van der Waals surface area contributed by atoms with Crippen molar-refractivity contribution in [2.75, 3.05) is 4.90 Å². The maximum Gasteiger partial charge on any atom is 0.123 e. The van der Waals surface area contributed by atoms with Crippen LogP contribution in [-0.4, -0.2) is 17.2 Å². The van der Waals surface area contributed by atoms with E-state index in [1.165, 1.54) is 28.0 Å². The van der Waals surface area contributed by atoms with Gasteiger partial charge in [-0.25, -0.2) is 0 Å². The molecule has 2 atom stereocenters. The Morgan fingerprint density at radius 1 is 0.758 bits per heavy atom. The first-order valence-corrected chi connectivity index (χ1v) is 11.7. The number of phenolic OH excluding ortho intramolecular Hbond substituents is 1. The number of anilines is 1. The van der Waals surface area contributed by atoms with Crippen molar-refractivity contribution in [3.8, 4) is 28.0 Å². The zero-order valence-corrected chi connectivity index (χ0v) is 18.8. The number of hydrogen-bond donors (Lipinski definition) is 1. The van der Waals surface area contributed by atoms with Gasteiger partial charge in [0.15, 0.2) is 0 Å². The molecule has 3 aromatic rings. The fraction of sp³-hybridized carbons (Fsp3) is 0.161. The zero-order chi connectivity index (χ0) is 22.4. The minimum absolute atomic E-state index is 0.310. The van der Waals surface area contributed by atoms with Crippen LogP contribution in [0.25, 0.3) is 22.3 Å². The maximum absolute atomic E-state index is 10.3. The van der Waals surface area contributed by atoms with Gasteiger partial charge in [0.25, 0.3) is 0 Å². The predicted molar refractivity (Wildman–Crippen MR) is 137 cm³/mol. The van der Waals surface area contributed by atoms with Crippen LogP contribution in [0.4, 0.5) is 5.69 Å². The number of para-hydroxylation sites is 1. The molecule has 162 valence electrons. The highest BCUT2D eigenvalue weighted by molar-refractivity contribution is 5.78. The normalized spacial score (nSPS) is 21.1. The van der Waals surface area contributed by atoms with Crippen LogP contribution in [0.3, 0.4) is 0 Å². The summed E-state index contributed by atoms with van der Waals surface area (Å²) in [5, 5.41) is 10.3. The van der Waals surface area contributed by atoms with E-state index in [-0.39, 0.29) is 0 Å². The second-order valence-electron chi connectivity index (χ2n) is 9.21. The molecule has 0 spiro atoms. The standard InChI is InChI=1S/C31H27NO/c1-21-16-17-28-27-13-2-4-14-29(27)32(30(28)18-21)25-11-7-9-23(20-25)22-8-6-10-24(19-22)26-12-3-5-15-31(26)33/h2-13,15-17,19-20,29-30,33H,14,18H2,1H3. The molecular weight excluding hydrogens is 402 g/mol. The van der Waals surface area contributed by atoms with E-state index in [1.807, 2.05) is 18.2 Å². The van der Waals surface area contributed by atoms with E-state index >= 15 is 0 Å². The van der Waals surface area contributed by atoms with Crippen LogP contribution in [0.5, 0.6) is 5.75 Å². The van der Waals surface area contributed by atoms with Crippen molar-refractivity contribution in [2.24, 2.45) is 0 Å². The Labute approximate surface area is 195 Å². The molecular formula is C31H27NO. The second-order valence-corrected chi connectivity index (χ2v) is 9.21. The summed E-state index contributed by atoms with van der Waals surface area (Å²) in [5.74, 6) is 0.310. The molecule has 6 rings (SSSR count). The van der Waals surface area contributed by atoms with Gasteiger partial charge in [0.1, 0.15) is 5.75 Å². The summed E-state index contributed by atoms with van der Waals surface area (Å²) in [6, 6.07) is 25.7. The number of benzene rings is 3. The van der Waals surface area contributed by atoms with Crippen LogP contribution in [0.2, 0.25) is 0 Å². The van der Waals surface area contributed by atoms with Gasteiger partial charge >= 0.3 is 0 Å². The van der Waals surface area contributed by atoms with Crippen molar-refractivity contribution in [2.45, 2.75) is 31.8 Å². The summed E-state index contributed by atoms with van der Waals surface area (Å²) in [6.45, 7) is 2.24. The molecule has 2 unspecified atom stereocenters. The summed E-state index contributed by atoms with van der Waals surface area (Å²) in [7, 11) is 0. The molecule has 0 aromatic heterocycles. The maximum atomic E-state index is 10.3. The van der Waals surface area contributed by atoms with Crippen molar-refractivity contribution < 1.29 is 5.11 Å². The molecule has 1 saturated heterocycles. The zero-order valence-electron chi connectivity index (χ0n) is 18.8. The number of phenols is 1. The number of rotatable bonds is 3. The van der Waals surface area contributed by atoms with Crippen molar-refractivity contribution in [3.05, 3.63) is 120 Å². The van der Waals surface area contributed by atoms with Gasteiger partial charge in [0.2, 0.25) is 0 Å². The first-order valence-electron chi connectivity index (χ1n) is 11.7.